The monoisotopic (exact) mass is 414 g/mol. The Balaban J connectivity index is 1.72. The fraction of sp³-hybridized carbons (Fsp3) is 0.200. The van der Waals surface area contributed by atoms with Crippen molar-refractivity contribution in [2.45, 2.75) is 32.5 Å². The first-order valence-electron chi connectivity index (χ1n) is 9.72. The molecule has 3 aromatic carbocycles. The molecule has 0 spiro atoms. The van der Waals surface area contributed by atoms with Gasteiger partial charge in [0.15, 0.2) is 0 Å². The van der Waals surface area contributed by atoms with E-state index >= 15 is 0 Å². The van der Waals surface area contributed by atoms with Crippen LogP contribution in [0.25, 0.3) is 22.3 Å². The SMILES string of the molecule is C/C=C/CCCc1ccc(-c2ccc(-c3ccc(OC(F)(F)F)cc3)c(F)c2)cc1. The molecule has 0 aliphatic carbocycles. The minimum absolute atomic E-state index is 0.318. The molecule has 0 bridgehead atoms. The normalized spacial score (nSPS) is 11.8. The molecule has 0 fully saturated rings. The summed E-state index contributed by atoms with van der Waals surface area (Å²) in [4.78, 5) is 0. The van der Waals surface area contributed by atoms with Gasteiger partial charge < -0.3 is 4.74 Å². The quantitative estimate of drug-likeness (QED) is 0.216. The molecule has 3 rings (SSSR count). The Labute approximate surface area is 173 Å². The molecule has 0 N–H and O–H groups in total. The summed E-state index contributed by atoms with van der Waals surface area (Å²) >= 11 is 0. The number of allylic oxidation sites excluding steroid dienone is 2. The largest absolute Gasteiger partial charge is 0.573 e. The molecule has 0 amide bonds. The van der Waals surface area contributed by atoms with E-state index in [1.165, 1.54) is 35.9 Å². The van der Waals surface area contributed by atoms with Gasteiger partial charge in [0.1, 0.15) is 11.6 Å². The summed E-state index contributed by atoms with van der Waals surface area (Å²) in [5.41, 5.74) is 3.68. The van der Waals surface area contributed by atoms with Gasteiger partial charge in [-0.05, 0) is 66.6 Å². The second kappa shape index (κ2) is 9.61. The first-order chi connectivity index (χ1) is 14.4. The van der Waals surface area contributed by atoms with Crippen molar-refractivity contribution in [3.05, 3.63) is 90.3 Å². The molecule has 0 atom stereocenters. The van der Waals surface area contributed by atoms with Crippen LogP contribution >= 0.6 is 0 Å². The van der Waals surface area contributed by atoms with E-state index in [9.17, 15) is 17.6 Å². The molecule has 0 saturated heterocycles. The van der Waals surface area contributed by atoms with Crippen LogP contribution in [0.2, 0.25) is 0 Å². The minimum Gasteiger partial charge on any atom is -0.406 e. The summed E-state index contributed by atoms with van der Waals surface area (Å²) in [7, 11) is 0. The van der Waals surface area contributed by atoms with Crippen molar-refractivity contribution < 1.29 is 22.3 Å². The number of hydrogen-bond acceptors (Lipinski definition) is 1. The summed E-state index contributed by atoms with van der Waals surface area (Å²) in [5, 5.41) is 0. The maximum absolute atomic E-state index is 14.7. The molecule has 0 heterocycles. The lowest BCUT2D eigenvalue weighted by Crippen LogP contribution is -2.16. The van der Waals surface area contributed by atoms with Gasteiger partial charge >= 0.3 is 6.36 Å². The molecule has 30 heavy (non-hydrogen) atoms. The Hall–Kier alpha value is -3.08. The zero-order valence-corrected chi connectivity index (χ0v) is 16.5. The van der Waals surface area contributed by atoms with Crippen LogP contribution in [-0.2, 0) is 6.42 Å². The average molecular weight is 414 g/mol. The third kappa shape index (κ3) is 5.96. The third-order valence-corrected chi connectivity index (χ3v) is 4.73. The van der Waals surface area contributed by atoms with Crippen LogP contribution in [0.4, 0.5) is 17.6 Å². The van der Waals surface area contributed by atoms with Gasteiger partial charge in [-0.15, -0.1) is 13.2 Å². The van der Waals surface area contributed by atoms with E-state index in [2.05, 4.69) is 22.9 Å². The molecular formula is C25H22F4O. The highest BCUT2D eigenvalue weighted by atomic mass is 19.4. The van der Waals surface area contributed by atoms with Crippen molar-refractivity contribution >= 4 is 0 Å². The summed E-state index contributed by atoms with van der Waals surface area (Å²) in [5.74, 6) is -0.776. The predicted molar refractivity (Wildman–Crippen MR) is 112 cm³/mol. The van der Waals surface area contributed by atoms with Crippen LogP contribution in [0.1, 0.15) is 25.3 Å². The van der Waals surface area contributed by atoms with E-state index in [1.807, 2.05) is 25.1 Å². The van der Waals surface area contributed by atoms with Gasteiger partial charge in [0.05, 0.1) is 0 Å². The number of benzene rings is 3. The number of ether oxygens (including phenoxy) is 1. The molecule has 156 valence electrons. The molecule has 0 aromatic heterocycles. The number of aryl methyl sites for hydroxylation is 1. The zero-order valence-electron chi connectivity index (χ0n) is 16.5. The van der Waals surface area contributed by atoms with E-state index in [0.29, 0.717) is 11.1 Å². The van der Waals surface area contributed by atoms with Crippen molar-refractivity contribution in [1.82, 2.24) is 0 Å². The summed E-state index contributed by atoms with van der Waals surface area (Å²) in [6.07, 6.45) is 2.57. The van der Waals surface area contributed by atoms with Gasteiger partial charge in [-0.25, -0.2) is 4.39 Å². The fourth-order valence-corrected chi connectivity index (χ4v) is 3.22. The Kier molecular flexibility index (Phi) is 6.93. The molecule has 0 aliphatic rings. The zero-order chi connectivity index (χ0) is 21.6. The molecule has 0 saturated carbocycles. The summed E-state index contributed by atoms with van der Waals surface area (Å²) in [6, 6.07) is 18.1. The molecule has 3 aromatic rings. The van der Waals surface area contributed by atoms with Gasteiger partial charge in [-0.1, -0.05) is 60.7 Å². The topological polar surface area (TPSA) is 9.23 Å². The van der Waals surface area contributed by atoms with Crippen LogP contribution < -0.4 is 4.74 Å². The van der Waals surface area contributed by atoms with E-state index in [4.69, 9.17) is 0 Å². The maximum Gasteiger partial charge on any atom is 0.573 e. The highest BCUT2D eigenvalue weighted by molar-refractivity contribution is 5.71. The van der Waals surface area contributed by atoms with Crippen LogP contribution in [0, 0.1) is 5.82 Å². The first kappa shape index (κ1) is 21.6. The summed E-state index contributed by atoms with van der Waals surface area (Å²) < 4.78 is 55.3. The van der Waals surface area contributed by atoms with Gasteiger partial charge in [0.25, 0.3) is 0 Å². The summed E-state index contributed by atoms with van der Waals surface area (Å²) in [6.45, 7) is 2.01. The van der Waals surface area contributed by atoms with Gasteiger partial charge in [-0.3, -0.25) is 0 Å². The Morgan fingerprint density at radius 1 is 0.833 bits per heavy atom. The standard InChI is InChI=1S/C25H22F4O/c1-2-3-4-5-6-18-7-9-19(10-8-18)21-13-16-23(24(26)17-21)20-11-14-22(15-12-20)30-25(27,28)29/h2-3,7-17H,4-6H2,1H3/b3-2+. The number of rotatable bonds is 7. The highest BCUT2D eigenvalue weighted by Crippen LogP contribution is 2.30. The molecule has 0 radical (unpaired) electrons. The van der Waals surface area contributed by atoms with Crippen LogP contribution in [0.5, 0.6) is 5.75 Å². The maximum atomic E-state index is 14.7. The van der Waals surface area contributed by atoms with Crippen LogP contribution in [0.15, 0.2) is 78.9 Å². The van der Waals surface area contributed by atoms with E-state index in [0.717, 1.165) is 30.4 Å². The number of alkyl halides is 3. The number of halogens is 4. The lowest BCUT2D eigenvalue weighted by molar-refractivity contribution is -0.274. The highest BCUT2D eigenvalue weighted by Gasteiger charge is 2.31. The van der Waals surface area contributed by atoms with Crippen molar-refractivity contribution in [3.63, 3.8) is 0 Å². The Morgan fingerprint density at radius 3 is 2.07 bits per heavy atom. The number of unbranched alkanes of at least 4 members (excludes halogenated alkanes) is 1. The number of hydrogen-bond donors (Lipinski definition) is 0. The lowest BCUT2D eigenvalue weighted by atomic mass is 9.98. The van der Waals surface area contributed by atoms with Crippen molar-refractivity contribution in [2.75, 3.05) is 0 Å². The smallest absolute Gasteiger partial charge is 0.406 e. The van der Waals surface area contributed by atoms with Crippen molar-refractivity contribution in [2.24, 2.45) is 0 Å². The van der Waals surface area contributed by atoms with Crippen LogP contribution in [-0.4, -0.2) is 6.36 Å². The molecule has 5 heteroatoms. The molecule has 0 aliphatic heterocycles. The van der Waals surface area contributed by atoms with E-state index in [-0.39, 0.29) is 5.75 Å². The second-order valence-corrected chi connectivity index (χ2v) is 6.92. The van der Waals surface area contributed by atoms with E-state index < -0.39 is 12.2 Å². The third-order valence-electron chi connectivity index (χ3n) is 4.73. The molecule has 0 unspecified atom stereocenters. The van der Waals surface area contributed by atoms with Crippen LogP contribution in [0.3, 0.4) is 0 Å². The van der Waals surface area contributed by atoms with Gasteiger partial charge in [0.2, 0.25) is 0 Å². The second-order valence-electron chi connectivity index (χ2n) is 6.92. The first-order valence-corrected chi connectivity index (χ1v) is 9.72. The lowest BCUT2D eigenvalue weighted by Gasteiger charge is -2.10. The Morgan fingerprint density at radius 2 is 1.47 bits per heavy atom. The minimum atomic E-state index is -4.75. The molecule has 1 nitrogen and oxygen atoms in total. The van der Waals surface area contributed by atoms with Gasteiger partial charge in [-0.2, -0.15) is 0 Å². The van der Waals surface area contributed by atoms with Crippen molar-refractivity contribution in [1.29, 1.82) is 0 Å². The predicted octanol–water partition coefficient (Wildman–Crippen LogP) is 7.96. The van der Waals surface area contributed by atoms with Gasteiger partial charge in [0, 0.05) is 5.56 Å². The average Bonchev–Trinajstić information content (AvgIpc) is 2.71. The molecular weight excluding hydrogens is 392 g/mol. The van der Waals surface area contributed by atoms with E-state index in [1.54, 1.807) is 12.1 Å². The fourth-order valence-electron chi connectivity index (χ4n) is 3.22. The van der Waals surface area contributed by atoms with Crippen molar-refractivity contribution in [3.8, 4) is 28.0 Å². The Bertz CT molecular complexity index is 987.